The number of carboxylic acid groups (broad SMARTS) is 1. The van der Waals surface area contributed by atoms with E-state index in [2.05, 4.69) is 19.6 Å². The van der Waals surface area contributed by atoms with Crippen LogP contribution in [0.25, 0.3) is 6.08 Å². The van der Waals surface area contributed by atoms with E-state index in [4.69, 9.17) is 25.9 Å². The number of benzene rings is 1. The maximum Gasteiger partial charge on any atom is 0.328 e. The molecule has 0 saturated heterocycles. The Morgan fingerprint density at radius 2 is 2.05 bits per heavy atom. The summed E-state index contributed by atoms with van der Waals surface area (Å²) in [4.78, 5) is 10.6. The molecule has 6 heteroatoms. The van der Waals surface area contributed by atoms with Crippen molar-refractivity contribution in [2.45, 2.75) is 26.6 Å². The van der Waals surface area contributed by atoms with E-state index < -0.39 is 14.3 Å². The van der Waals surface area contributed by atoms with Crippen LogP contribution in [0.5, 0.6) is 11.5 Å². The van der Waals surface area contributed by atoms with Gasteiger partial charge in [-0.15, -0.1) is 0 Å². The van der Waals surface area contributed by atoms with Crippen molar-refractivity contribution in [3.8, 4) is 11.5 Å². The van der Waals surface area contributed by atoms with Gasteiger partial charge in [0, 0.05) is 6.08 Å². The summed E-state index contributed by atoms with van der Waals surface area (Å²) >= 11 is 6.23. The molecule has 0 atom stereocenters. The van der Waals surface area contributed by atoms with Crippen molar-refractivity contribution in [1.29, 1.82) is 0 Å². The molecule has 0 aliphatic heterocycles. The molecule has 0 saturated carbocycles. The highest BCUT2D eigenvalue weighted by Gasteiger charge is 2.21. The highest BCUT2D eigenvalue weighted by atomic mass is 35.5. The number of carbonyl (C=O) groups is 1. The zero-order valence-corrected chi connectivity index (χ0v) is 13.8. The van der Waals surface area contributed by atoms with E-state index in [0.717, 1.165) is 6.08 Å². The molecule has 4 nitrogen and oxygen atoms in total. The fourth-order valence-corrected chi connectivity index (χ4v) is 2.67. The fraction of sp³-hybridized carbons (Fsp3) is 0.357. The van der Waals surface area contributed by atoms with Crippen LogP contribution in [0.3, 0.4) is 0 Å². The molecule has 1 rings (SSSR count). The molecular formula is C14H19ClO4Si. The van der Waals surface area contributed by atoms with Crippen LogP contribution in [0.15, 0.2) is 18.2 Å². The van der Waals surface area contributed by atoms with Gasteiger partial charge in [0.1, 0.15) is 0 Å². The lowest BCUT2D eigenvalue weighted by molar-refractivity contribution is -0.131. The molecule has 0 aliphatic carbocycles. The standard InChI is InChI=1S/C14H19ClO4Si/c1-5-18-12-9-10(6-7-13(16)17)8-11(15)14(12)19-20(2,3)4/h6-9H,5H2,1-4H3,(H,16,17)/b7-6+. The van der Waals surface area contributed by atoms with E-state index in [0.29, 0.717) is 28.7 Å². The minimum Gasteiger partial charge on any atom is -0.541 e. The van der Waals surface area contributed by atoms with Gasteiger partial charge in [0.05, 0.1) is 11.6 Å². The third-order valence-electron chi connectivity index (χ3n) is 2.16. The zero-order chi connectivity index (χ0) is 15.3. The molecule has 1 aromatic carbocycles. The smallest absolute Gasteiger partial charge is 0.328 e. The number of ether oxygens (including phenoxy) is 1. The molecule has 0 aromatic heterocycles. The molecule has 0 radical (unpaired) electrons. The van der Waals surface area contributed by atoms with Crippen LogP contribution in [-0.2, 0) is 4.79 Å². The van der Waals surface area contributed by atoms with Crippen LogP contribution in [0.2, 0.25) is 24.7 Å². The number of aliphatic carboxylic acids is 1. The van der Waals surface area contributed by atoms with Gasteiger partial charge < -0.3 is 14.3 Å². The van der Waals surface area contributed by atoms with E-state index >= 15 is 0 Å². The number of rotatable bonds is 6. The minimum absolute atomic E-state index is 0.420. The summed E-state index contributed by atoms with van der Waals surface area (Å²) < 4.78 is 11.5. The number of hydrogen-bond donors (Lipinski definition) is 1. The Bertz CT molecular complexity index is 521. The van der Waals surface area contributed by atoms with E-state index in [1.54, 1.807) is 12.1 Å². The Morgan fingerprint density at radius 3 is 2.55 bits per heavy atom. The van der Waals surface area contributed by atoms with Gasteiger partial charge in [-0.2, -0.15) is 0 Å². The lowest BCUT2D eigenvalue weighted by atomic mass is 10.2. The largest absolute Gasteiger partial charge is 0.541 e. The van der Waals surface area contributed by atoms with Gasteiger partial charge in [0.15, 0.2) is 11.5 Å². The number of carboxylic acids is 1. The Morgan fingerprint density at radius 1 is 1.40 bits per heavy atom. The Labute approximate surface area is 125 Å². The summed E-state index contributed by atoms with van der Waals surface area (Å²) in [6.07, 6.45) is 2.52. The molecule has 0 aliphatic rings. The molecular weight excluding hydrogens is 296 g/mol. The molecule has 110 valence electrons. The van der Waals surface area contributed by atoms with Crippen molar-refractivity contribution < 1.29 is 19.1 Å². The van der Waals surface area contributed by atoms with Crippen LogP contribution in [-0.4, -0.2) is 26.0 Å². The lowest BCUT2D eigenvalue weighted by Gasteiger charge is -2.22. The molecule has 0 unspecified atom stereocenters. The topological polar surface area (TPSA) is 55.8 Å². The third-order valence-corrected chi connectivity index (χ3v) is 3.26. The Hall–Kier alpha value is -1.46. The van der Waals surface area contributed by atoms with E-state index in [9.17, 15) is 4.79 Å². The summed E-state index contributed by atoms with van der Waals surface area (Å²) in [5.41, 5.74) is 0.656. The second-order valence-electron chi connectivity index (χ2n) is 5.15. The predicted octanol–water partition coefficient (Wildman–Crippen LogP) is 4.05. The third kappa shape index (κ3) is 5.26. The Balaban J connectivity index is 3.21. The van der Waals surface area contributed by atoms with Crippen molar-refractivity contribution >= 4 is 32.0 Å². The predicted molar refractivity (Wildman–Crippen MR) is 83.3 cm³/mol. The molecule has 0 heterocycles. The van der Waals surface area contributed by atoms with Gasteiger partial charge in [-0.05, 0) is 50.3 Å². The fourth-order valence-electron chi connectivity index (χ4n) is 1.52. The molecule has 1 N–H and O–H groups in total. The molecule has 1 aromatic rings. The minimum atomic E-state index is -1.82. The highest BCUT2D eigenvalue weighted by molar-refractivity contribution is 6.70. The molecule has 0 bridgehead atoms. The molecule has 20 heavy (non-hydrogen) atoms. The Kier molecular flexibility index (Phi) is 5.65. The van der Waals surface area contributed by atoms with Crippen molar-refractivity contribution in [3.63, 3.8) is 0 Å². The first-order valence-corrected chi connectivity index (χ1v) is 10.1. The summed E-state index contributed by atoms with van der Waals surface area (Å²) in [5.74, 6) is 0.0501. The first kappa shape index (κ1) is 16.6. The zero-order valence-electron chi connectivity index (χ0n) is 12.1. The van der Waals surface area contributed by atoms with Crippen LogP contribution in [0, 0.1) is 0 Å². The average Bonchev–Trinajstić information content (AvgIpc) is 2.30. The quantitative estimate of drug-likeness (QED) is 0.635. The van der Waals surface area contributed by atoms with Crippen molar-refractivity contribution in [2.75, 3.05) is 6.61 Å². The number of halogens is 1. The molecule has 0 fully saturated rings. The van der Waals surface area contributed by atoms with Gasteiger partial charge >= 0.3 is 5.97 Å². The van der Waals surface area contributed by atoms with Gasteiger partial charge in [0.2, 0.25) is 8.32 Å². The van der Waals surface area contributed by atoms with Crippen LogP contribution < -0.4 is 9.16 Å². The second-order valence-corrected chi connectivity index (χ2v) is 9.99. The summed E-state index contributed by atoms with van der Waals surface area (Å²) in [6, 6.07) is 3.39. The first-order valence-electron chi connectivity index (χ1n) is 6.29. The van der Waals surface area contributed by atoms with Gasteiger partial charge in [-0.1, -0.05) is 11.6 Å². The SMILES string of the molecule is CCOc1cc(/C=C/C(=O)O)cc(Cl)c1O[Si](C)(C)C. The normalized spacial score (nSPS) is 11.7. The van der Waals surface area contributed by atoms with Gasteiger partial charge in [0.25, 0.3) is 0 Å². The highest BCUT2D eigenvalue weighted by Crippen LogP contribution is 2.38. The summed E-state index contributed by atoms with van der Waals surface area (Å²) in [6.45, 7) is 8.50. The maximum absolute atomic E-state index is 10.6. The second kappa shape index (κ2) is 6.81. The van der Waals surface area contributed by atoms with E-state index in [1.807, 2.05) is 6.92 Å². The van der Waals surface area contributed by atoms with Crippen LogP contribution >= 0.6 is 11.6 Å². The van der Waals surface area contributed by atoms with Crippen LogP contribution in [0.4, 0.5) is 0 Å². The van der Waals surface area contributed by atoms with Crippen molar-refractivity contribution in [1.82, 2.24) is 0 Å². The lowest BCUT2D eigenvalue weighted by Crippen LogP contribution is -2.29. The van der Waals surface area contributed by atoms with Crippen molar-refractivity contribution in [3.05, 3.63) is 28.8 Å². The van der Waals surface area contributed by atoms with Gasteiger partial charge in [-0.25, -0.2) is 4.79 Å². The maximum atomic E-state index is 10.6. The van der Waals surface area contributed by atoms with Gasteiger partial charge in [-0.3, -0.25) is 0 Å². The summed E-state index contributed by atoms with van der Waals surface area (Å²) in [5, 5.41) is 9.07. The van der Waals surface area contributed by atoms with Crippen molar-refractivity contribution in [2.24, 2.45) is 0 Å². The molecule has 0 amide bonds. The first-order chi connectivity index (χ1) is 9.23. The average molecular weight is 315 g/mol. The van der Waals surface area contributed by atoms with E-state index in [1.165, 1.54) is 6.08 Å². The molecule has 0 spiro atoms. The van der Waals surface area contributed by atoms with E-state index in [-0.39, 0.29) is 0 Å². The number of hydrogen-bond acceptors (Lipinski definition) is 3. The summed E-state index contributed by atoms with van der Waals surface area (Å²) in [7, 11) is -1.82. The monoisotopic (exact) mass is 314 g/mol. The van der Waals surface area contributed by atoms with Crippen LogP contribution in [0.1, 0.15) is 12.5 Å².